The first-order valence-corrected chi connectivity index (χ1v) is 7.82. The topological polar surface area (TPSA) is 63.2 Å². The van der Waals surface area contributed by atoms with Crippen LogP contribution in [0.4, 0.5) is 13.6 Å². The van der Waals surface area contributed by atoms with Crippen LogP contribution in [0.2, 0.25) is 0 Å². The summed E-state index contributed by atoms with van der Waals surface area (Å²) in [5.41, 5.74) is 3.04. The molecule has 0 saturated heterocycles. The number of carbonyl (C=O) groups is 1. The molecule has 25 heavy (non-hydrogen) atoms. The van der Waals surface area contributed by atoms with E-state index >= 15 is 0 Å². The third-order valence-corrected chi connectivity index (χ3v) is 3.85. The molecule has 2 aromatic rings. The van der Waals surface area contributed by atoms with Gasteiger partial charge in [0, 0.05) is 11.3 Å². The largest absolute Gasteiger partial charge is 0.481 e. The number of urea groups is 1. The number of amides is 2. The molecule has 0 saturated carbocycles. The van der Waals surface area contributed by atoms with Crippen molar-refractivity contribution in [3.8, 4) is 5.88 Å². The van der Waals surface area contributed by atoms with Gasteiger partial charge >= 0.3 is 6.03 Å². The van der Waals surface area contributed by atoms with Crippen LogP contribution in [0.3, 0.4) is 0 Å². The summed E-state index contributed by atoms with van der Waals surface area (Å²) in [6.45, 7) is 5.70. The predicted octanol–water partition coefficient (Wildman–Crippen LogP) is 3.55. The standard InChI is InChI=1S/C18H21F2N3O2/c1-10-7-11(2)22-17(25-4)14(10)9-21-18(24)23-12(3)13-5-6-15(19)16(20)8-13/h5-8,12H,9H2,1-4H3,(H2,21,23,24). The minimum Gasteiger partial charge on any atom is -0.481 e. The lowest BCUT2D eigenvalue weighted by atomic mass is 10.1. The van der Waals surface area contributed by atoms with Crippen LogP contribution >= 0.6 is 0 Å². The molecule has 2 rings (SSSR count). The third-order valence-electron chi connectivity index (χ3n) is 3.85. The molecule has 0 aliphatic carbocycles. The lowest BCUT2D eigenvalue weighted by molar-refractivity contribution is 0.237. The monoisotopic (exact) mass is 349 g/mol. The molecule has 1 aromatic heterocycles. The Bertz CT molecular complexity index is 781. The highest BCUT2D eigenvalue weighted by Gasteiger charge is 2.14. The van der Waals surface area contributed by atoms with Crippen molar-refractivity contribution in [2.24, 2.45) is 0 Å². The van der Waals surface area contributed by atoms with Crippen LogP contribution in [-0.4, -0.2) is 18.1 Å². The molecule has 0 bridgehead atoms. The summed E-state index contributed by atoms with van der Waals surface area (Å²) in [5.74, 6) is -1.40. The number of pyridine rings is 1. The quantitative estimate of drug-likeness (QED) is 0.868. The smallest absolute Gasteiger partial charge is 0.315 e. The van der Waals surface area contributed by atoms with Gasteiger partial charge in [0.25, 0.3) is 0 Å². The molecule has 134 valence electrons. The van der Waals surface area contributed by atoms with Crippen LogP contribution in [-0.2, 0) is 6.54 Å². The number of nitrogens with one attached hydrogen (secondary N) is 2. The molecule has 1 unspecified atom stereocenters. The number of aromatic nitrogens is 1. The number of benzene rings is 1. The minimum atomic E-state index is -0.947. The van der Waals surface area contributed by atoms with Crippen LogP contribution < -0.4 is 15.4 Å². The highest BCUT2D eigenvalue weighted by molar-refractivity contribution is 5.74. The van der Waals surface area contributed by atoms with Crippen molar-refractivity contribution in [1.29, 1.82) is 0 Å². The molecule has 2 amide bonds. The Labute approximate surface area is 145 Å². The maximum Gasteiger partial charge on any atom is 0.315 e. The van der Waals surface area contributed by atoms with Gasteiger partial charge in [-0.2, -0.15) is 0 Å². The van der Waals surface area contributed by atoms with Crippen molar-refractivity contribution in [3.05, 3.63) is 58.3 Å². The number of carbonyl (C=O) groups excluding carboxylic acids is 1. The highest BCUT2D eigenvalue weighted by Crippen LogP contribution is 2.20. The van der Waals surface area contributed by atoms with Crippen LogP contribution in [0.5, 0.6) is 5.88 Å². The van der Waals surface area contributed by atoms with Gasteiger partial charge in [-0.3, -0.25) is 0 Å². The fraction of sp³-hybridized carbons (Fsp3) is 0.333. The average Bonchev–Trinajstić information content (AvgIpc) is 2.55. The van der Waals surface area contributed by atoms with Gasteiger partial charge in [0.1, 0.15) is 0 Å². The summed E-state index contributed by atoms with van der Waals surface area (Å²) in [6.07, 6.45) is 0. The molecule has 5 nitrogen and oxygen atoms in total. The van der Waals surface area contributed by atoms with Gasteiger partial charge in [-0.15, -0.1) is 0 Å². The Morgan fingerprint density at radius 3 is 2.60 bits per heavy atom. The van der Waals surface area contributed by atoms with Gasteiger partial charge in [0.2, 0.25) is 5.88 Å². The summed E-state index contributed by atoms with van der Waals surface area (Å²) in [6, 6.07) is 4.53. The maximum atomic E-state index is 13.3. The molecule has 0 spiro atoms. The Kier molecular flexibility index (Phi) is 5.90. The minimum absolute atomic E-state index is 0.235. The molecule has 0 fully saturated rings. The number of aryl methyl sites for hydroxylation is 2. The van der Waals surface area contributed by atoms with Gasteiger partial charge in [0.15, 0.2) is 11.6 Å². The van der Waals surface area contributed by atoms with Crippen molar-refractivity contribution in [1.82, 2.24) is 15.6 Å². The number of rotatable bonds is 5. The molecule has 1 aromatic carbocycles. The van der Waals surface area contributed by atoms with Gasteiger partial charge in [0.05, 0.1) is 19.7 Å². The molecule has 0 aliphatic heterocycles. The predicted molar refractivity (Wildman–Crippen MR) is 90.4 cm³/mol. The Hall–Kier alpha value is -2.70. The zero-order valence-corrected chi connectivity index (χ0v) is 14.6. The van der Waals surface area contributed by atoms with E-state index in [4.69, 9.17) is 4.74 Å². The van der Waals surface area contributed by atoms with E-state index in [0.29, 0.717) is 11.4 Å². The SMILES string of the molecule is COc1nc(C)cc(C)c1CNC(=O)NC(C)c1ccc(F)c(F)c1. The third kappa shape index (κ3) is 4.65. The number of hydrogen-bond donors (Lipinski definition) is 2. The number of ether oxygens (including phenoxy) is 1. The second-order valence-electron chi connectivity index (χ2n) is 5.79. The molecular formula is C18H21F2N3O2. The van der Waals surface area contributed by atoms with Crippen molar-refractivity contribution in [2.45, 2.75) is 33.4 Å². The van der Waals surface area contributed by atoms with E-state index in [-0.39, 0.29) is 6.54 Å². The second kappa shape index (κ2) is 7.92. The van der Waals surface area contributed by atoms with Crippen molar-refractivity contribution < 1.29 is 18.3 Å². The van der Waals surface area contributed by atoms with Crippen molar-refractivity contribution in [2.75, 3.05) is 7.11 Å². The van der Waals surface area contributed by atoms with Gasteiger partial charge in [-0.25, -0.2) is 18.6 Å². The van der Waals surface area contributed by atoms with Crippen molar-refractivity contribution in [3.63, 3.8) is 0 Å². The normalized spacial score (nSPS) is 11.8. The summed E-state index contributed by atoms with van der Waals surface area (Å²) < 4.78 is 31.5. The summed E-state index contributed by atoms with van der Waals surface area (Å²) in [7, 11) is 1.52. The first-order chi connectivity index (χ1) is 11.8. The Morgan fingerprint density at radius 1 is 1.24 bits per heavy atom. The second-order valence-corrected chi connectivity index (χ2v) is 5.79. The maximum absolute atomic E-state index is 13.3. The van der Waals surface area contributed by atoms with Gasteiger partial charge in [-0.05, 0) is 50.1 Å². The molecule has 7 heteroatoms. The van der Waals surface area contributed by atoms with E-state index in [1.165, 1.54) is 13.2 Å². The molecular weight excluding hydrogens is 328 g/mol. The van der Waals surface area contributed by atoms with Crippen LogP contribution in [0.1, 0.15) is 35.3 Å². The highest BCUT2D eigenvalue weighted by atomic mass is 19.2. The molecule has 1 atom stereocenters. The van der Waals surface area contributed by atoms with E-state index in [9.17, 15) is 13.6 Å². The Morgan fingerprint density at radius 2 is 1.96 bits per heavy atom. The number of hydrogen-bond acceptors (Lipinski definition) is 3. The molecule has 0 aliphatic rings. The van der Waals surface area contributed by atoms with E-state index < -0.39 is 23.7 Å². The van der Waals surface area contributed by atoms with Crippen LogP contribution in [0.25, 0.3) is 0 Å². The van der Waals surface area contributed by atoms with Crippen LogP contribution in [0, 0.1) is 25.5 Å². The first-order valence-electron chi connectivity index (χ1n) is 7.82. The zero-order valence-electron chi connectivity index (χ0n) is 14.6. The average molecular weight is 349 g/mol. The summed E-state index contributed by atoms with van der Waals surface area (Å²) in [4.78, 5) is 16.4. The summed E-state index contributed by atoms with van der Waals surface area (Å²) >= 11 is 0. The van der Waals surface area contributed by atoms with E-state index in [1.54, 1.807) is 6.92 Å². The Balaban J connectivity index is 2.00. The fourth-order valence-electron chi connectivity index (χ4n) is 2.49. The van der Waals surface area contributed by atoms with E-state index in [1.807, 2.05) is 19.9 Å². The van der Waals surface area contributed by atoms with Gasteiger partial charge in [-0.1, -0.05) is 6.07 Å². The lowest BCUT2D eigenvalue weighted by Gasteiger charge is -2.17. The number of nitrogens with zero attached hydrogens (tertiary/aromatic N) is 1. The van der Waals surface area contributed by atoms with Crippen molar-refractivity contribution >= 4 is 6.03 Å². The molecule has 0 radical (unpaired) electrons. The number of halogens is 2. The summed E-state index contributed by atoms with van der Waals surface area (Å²) in [5, 5.41) is 5.40. The van der Waals surface area contributed by atoms with E-state index in [2.05, 4.69) is 15.6 Å². The molecule has 2 N–H and O–H groups in total. The lowest BCUT2D eigenvalue weighted by Crippen LogP contribution is -2.36. The fourth-order valence-corrected chi connectivity index (χ4v) is 2.49. The first kappa shape index (κ1) is 18.6. The molecule has 1 heterocycles. The van der Waals surface area contributed by atoms with E-state index in [0.717, 1.165) is 29.0 Å². The number of methoxy groups -OCH3 is 1. The zero-order chi connectivity index (χ0) is 18.6. The van der Waals surface area contributed by atoms with Gasteiger partial charge < -0.3 is 15.4 Å². The van der Waals surface area contributed by atoms with Crippen LogP contribution in [0.15, 0.2) is 24.3 Å².